The molecule has 49 heavy (non-hydrogen) atoms. The molecule has 0 N–H and O–H groups in total. The zero-order valence-electron chi connectivity index (χ0n) is 25.7. The van der Waals surface area contributed by atoms with Gasteiger partial charge in [0.1, 0.15) is 22.4 Å². The van der Waals surface area contributed by atoms with E-state index in [9.17, 15) is 0 Å². The second-order valence-corrected chi connectivity index (χ2v) is 13.6. The highest BCUT2D eigenvalue weighted by Gasteiger charge is 2.29. The molecule has 6 heterocycles. The Labute approximate surface area is 281 Å². The Morgan fingerprint density at radius 2 is 1.20 bits per heavy atom. The first-order valence-corrected chi connectivity index (χ1v) is 17.1. The van der Waals surface area contributed by atoms with Crippen LogP contribution in [-0.4, -0.2) is 19.1 Å². The maximum absolute atomic E-state index is 6.58. The molecular formula is C42H22N4O2S. The predicted octanol–water partition coefficient (Wildman–Crippen LogP) is 11.4. The summed E-state index contributed by atoms with van der Waals surface area (Å²) in [4.78, 5) is 13.2. The third-order valence-corrected chi connectivity index (χ3v) is 11.1. The maximum atomic E-state index is 6.58. The van der Waals surface area contributed by atoms with Crippen molar-refractivity contribution in [3.05, 3.63) is 133 Å². The Balaban J connectivity index is 1.28. The summed E-state index contributed by atoms with van der Waals surface area (Å²) < 4.78 is 17.7. The van der Waals surface area contributed by atoms with Gasteiger partial charge in [-0.1, -0.05) is 103 Å². The van der Waals surface area contributed by atoms with Gasteiger partial charge in [0.05, 0.1) is 27.8 Å². The molecule has 0 saturated carbocycles. The number of benzene rings is 6. The Morgan fingerprint density at radius 3 is 2.12 bits per heavy atom. The molecule has 0 spiro atoms. The van der Waals surface area contributed by atoms with Crippen molar-refractivity contribution in [1.82, 2.24) is 19.1 Å². The number of hydrogen-bond acceptors (Lipinski definition) is 5. The van der Waals surface area contributed by atoms with Crippen LogP contribution in [0, 0.1) is 0 Å². The lowest BCUT2D eigenvalue weighted by molar-refractivity contribution is 0.651. The van der Waals surface area contributed by atoms with Crippen LogP contribution >= 0.6 is 11.8 Å². The summed E-state index contributed by atoms with van der Waals surface area (Å²) in [6, 6.07) is 46.4. The van der Waals surface area contributed by atoms with Crippen LogP contribution in [0.25, 0.3) is 99.7 Å². The summed E-state index contributed by atoms with van der Waals surface area (Å²) in [6.07, 6.45) is 0. The van der Waals surface area contributed by atoms with Gasteiger partial charge in [-0.2, -0.15) is 4.98 Å². The number of nitrogens with zero attached hydrogens (tertiary/aromatic N) is 4. The summed E-state index contributed by atoms with van der Waals surface area (Å²) >= 11 is 1.82. The normalized spacial score (nSPS) is 12.8. The highest BCUT2D eigenvalue weighted by Crippen LogP contribution is 2.49. The monoisotopic (exact) mass is 646 g/mol. The molecule has 1 aliphatic heterocycles. The van der Waals surface area contributed by atoms with Crippen molar-refractivity contribution in [3.8, 4) is 22.9 Å². The summed E-state index contributed by atoms with van der Waals surface area (Å²) in [5, 5.41) is 7.50. The highest BCUT2D eigenvalue weighted by atomic mass is 32.2. The molecule has 0 unspecified atom stereocenters. The van der Waals surface area contributed by atoms with Gasteiger partial charge in [-0.3, -0.25) is 9.13 Å². The number of aromatic nitrogens is 4. The number of furan rings is 2. The van der Waals surface area contributed by atoms with Gasteiger partial charge in [0.15, 0.2) is 0 Å². The molecule has 0 aliphatic carbocycles. The zero-order chi connectivity index (χ0) is 31.8. The molecule has 0 fully saturated rings. The molecule has 12 rings (SSSR count). The lowest BCUT2D eigenvalue weighted by Crippen LogP contribution is -2.08. The van der Waals surface area contributed by atoms with Crippen molar-refractivity contribution in [3.63, 3.8) is 0 Å². The van der Waals surface area contributed by atoms with Gasteiger partial charge in [-0.15, -0.1) is 0 Å². The molecule has 6 nitrogen and oxygen atoms in total. The van der Waals surface area contributed by atoms with Gasteiger partial charge in [0.25, 0.3) is 0 Å². The average Bonchev–Trinajstić information content (AvgIpc) is 3.90. The quantitative estimate of drug-likeness (QED) is 0.187. The molecule has 0 saturated heterocycles. The summed E-state index contributed by atoms with van der Waals surface area (Å²) in [5.74, 6) is 0.539. The van der Waals surface area contributed by atoms with Gasteiger partial charge in [0, 0.05) is 47.7 Å². The number of rotatable bonds is 2. The average molecular weight is 647 g/mol. The molecule has 0 bridgehead atoms. The van der Waals surface area contributed by atoms with E-state index >= 15 is 0 Å². The molecule has 0 radical (unpaired) electrons. The van der Waals surface area contributed by atoms with E-state index in [0.717, 1.165) is 71.8 Å². The first-order chi connectivity index (χ1) is 24.3. The first kappa shape index (κ1) is 25.7. The van der Waals surface area contributed by atoms with E-state index in [1.807, 2.05) is 48.2 Å². The molecule has 1 aliphatic rings. The summed E-state index contributed by atoms with van der Waals surface area (Å²) in [5.41, 5.74) is 9.01. The zero-order valence-corrected chi connectivity index (χ0v) is 26.5. The van der Waals surface area contributed by atoms with Gasteiger partial charge < -0.3 is 8.83 Å². The van der Waals surface area contributed by atoms with Gasteiger partial charge in [-0.05, 0) is 42.5 Å². The first-order valence-electron chi connectivity index (χ1n) is 16.3. The van der Waals surface area contributed by atoms with Crippen molar-refractivity contribution < 1.29 is 8.83 Å². The Hall–Kier alpha value is -6.31. The van der Waals surface area contributed by atoms with Gasteiger partial charge in [0.2, 0.25) is 11.7 Å². The molecule has 7 heteroatoms. The molecule has 11 aromatic rings. The minimum atomic E-state index is 0.534. The lowest BCUT2D eigenvalue weighted by Gasteiger charge is -2.20. The molecule has 5 aromatic heterocycles. The smallest absolute Gasteiger partial charge is 0.239 e. The Bertz CT molecular complexity index is 3220. The largest absolute Gasteiger partial charge is 0.455 e. The van der Waals surface area contributed by atoms with Crippen LogP contribution in [-0.2, 0) is 0 Å². The van der Waals surface area contributed by atoms with E-state index in [-0.39, 0.29) is 0 Å². The maximum Gasteiger partial charge on any atom is 0.239 e. The van der Waals surface area contributed by atoms with E-state index in [0.29, 0.717) is 11.7 Å². The molecule has 0 atom stereocenters. The predicted molar refractivity (Wildman–Crippen MR) is 197 cm³/mol. The number of fused-ring (bicyclic) bond motifs is 13. The van der Waals surface area contributed by atoms with Crippen LogP contribution < -0.4 is 0 Å². The van der Waals surface area contributed by atoms with Gasteiger partial charge >= 0.3 is 0 Å². The van der Waals surface area contributed by atoms with E-state index < -0.39 is 0 Å². The van der Waals surface area contributed by atoms with Gasteiger partial charge in [-0.25, -0.2) is 4.98 Å². The van der Waals surface area contributed by atoms with Crippen LogP contribution in [0.2, 0.25) is 0 Å². The molecule has 0 amide bonds. The van der Waals surface area contributed by atoms with Crippen LogP contribution in [0.1, 0.15) is 0 Å². The minimum Gasteiger partial charge on any atom is -0.455 e. The fourth-order valence-corrected chi connectivity index (χ4v) is 9.06. The van der Waals surface area contributed by atoms with Crippen molar-refractivity contribution >= 4 is 88.6 Å². The van der Waals surface area contributed by atoms with Crippen molar-refractivity contribution in [2.24, 2.45) is 0 Å². The number of hydrogen-bond donors (Lipinski definition) is 0. The Kier molecular flexibility index (Phi) is 4.82. The fourth-order valence-electron chi connectivity index (χ4n) is 7.97. The topological polar surface area (TPSA) is 61.9 Å². The lowest BCUT2D eigenvalue weighted by atomic mass is 10.0. The Morgan fingerprint density at radius 1 is 0.510 bits per heavy atom. The van der Waals surface area contributed by atoms with Crippen LogP contribution in [0.3, 0.4) is 0 Å². The van der Waals surface area contributed by atoms with Crippen molar-refractivity contribution in [2.75, 3.05) is 0 Å². The van der Waals surface area contributed by atoms with Crippen LogP contribution in [0.5, 0.6) is 0 Å². The van der Waals surface area contributed by atoms with Crippen LogP contribution in [0.15, 0.2) is 152 Å². The van der Waals surface area contributed by atoms with E-state index in [4.69, 9.17) is 18.8 Å². The molecule has 6 aromatic carbocycles. The standard InChI is InChI=1S/C42H22N4O2S/c1-4-17-29-25(12-1)35-27-15-10-22-34-38(27)45(30-18-5-8-21-33(30)49-34)41(35)46(29)42-43-37(36-26-13-3-7-20-32(26)48-40(36)44-42)28-16-9-14-24-23-11-2-6-19-31(23)47-39(24)28/h1-22H. The molecular weight excluding hydrogens is 625 g/mol. The summed E-state index contributed by atoms with van der Waals surface area (Å²) in [6.45, 7) is 0. The van der Waals surface area contributed by atoms with Crippen molar-refractivity contribution in [1.29, 1.82) is 0 Å². The highest BCUT2D eigenvalue weighted by molar-refractivity contribution is 7.99. The third-order valence-electron chi connectivity index (χ3n) is 9.97. The van der Waals surface area contributed by atoms with E-state index in [2.05, 4.69) is 106 Å². The molecule has 228 valence electrons. The second-order valence-electron chi connectivity index (χ2n) is 12.5. The second kappa shape index (κ2) is 9.18. The van der Waals surface area contributed by atoms with Crippen LogP contribution in [0.4, 0.5) is 0 Å². The fraction of sp³-hybridized carbons (Fsp3) is 0. The van der Waals surface area contributed by atoms with E-state index in [1.165, 1.54) is 26.1 Å². The summed E-state index contributed by atoms with van der Waals surface area (Å²) in [7, 11) is 0. The SMILES string of the molecule is c1ccc2c(c1)Sc1cccc3c4c5ccccc5n(-c5nc(-c6cccc7c6oc6ccccc67)c6c(n5)oc5ccccc56)c4n-2c13. The van der Waals surface area contributed by atoms with E-state index in [1.54, 1.807) is 0 Å². The van der Waals surface area contributed by atoms with Crippen molar-refractivity contribution in [2.45, 2.75) is 9.79 Å². The third kappa shape index (κ3) is 3.27. The number of para-hydroxylation sites is 6. The minimum absolute atomic E-state index is 0.534.